The van der Waals surface area contributed by atoms with Crippen LogP contribution in [-0.4, -0.2) is 62.4 Å². The van der Waals surface area contributed by atoms with Crippen molar-refractivity contribution in [1.29, 1.82) is 0 Å². The van der Waals surface area contributed by atoms with Crippen molar-refractivity contribution in [1.82, 2.24) is 4.90 Å². The molecule has 7 heteroatoms. The lowest BCUT2D eigenvalue weighted by Crippen LogP contribution is -2.45. The molecule has 5 nitrogen and oxygen atoms in total. The topological polar surface area (TPSA) is 63.7 Å². The number of nitrogens with zero attached hydrogens (tertiary/aromatic N) is 1. The van der Waals surface area contributed by atoms with Gasteiger partial charge in [-0.1, -0.05) is 0 Å². The molecule has 2 unspecified atom stereocenters. The number of rotatable bonds is 5. The summed E-state index contributed by atoms with van der Waals surface area (Å²) in [4.78, 5) is 13.4. The maximum atomic E-state index is 11.9. The van der Waals surface area contributed by atoms with Gasteiger partial charge in [-0.15, -0.1) is 11.6 Å². The fourth-order valence-corrected chi connectivity index (χ4v) is 3.77. The molecular formula is C10H18ClNO4S. The number of halogens is 1. The quantitative estimate of drug-likeness (QED) is 0.680. The molecule has 0 aliphatic carbocycles. The van der Waals surface area contributed by atoms with E-state index >= 15 is 0 Å². The number of carbonyl (C=O) groups excluding carboxylic acids is 1. The Morgan fingerprint density at radius 3 is 2.65 bits per heavy atom. The molecule has 0 aromatic carbocycles. The predicted octanol–water partition coefficient (Wildman–Crippen LogP) is 0.276. The Kier molecular flexibility index (Phi) is 5.22. The number of amides is 1. The Balaban J connectivity index is 2.73. The molecule has 1 aliphatic heterocycles. The fourth-order valence-electron chi connectivity index (χ4n) is 1.91. The number of carbonyl (C=O) groups is 1. The summed E-state index contributed by atoms with van der Waals surface area (Å²) < 4.78 is 27.7. The minimum absolute atomic E-state index is 0.0338. The van der Waals surface area contributed by atoms with Crippen LogP contribution in [-0.2, 0) is 19.4 Å². The summed E-state index contributed by atoms with van der Waals surface area (Å²) in [5.41, 5.74) is 0. The van der Waals surface area contributed by atoms with Gasteiger partial charge in [0.1, 0.15) is 5.38 Å². The van der Waals surface area contributed by atoms with Crippen molar-refractivity contribution in [2.24, 2.45) is 0 Å². The second-order valence-electron chi connectivity index (χ2n) is 4.20. The third kappa shape index (κ3) is 4.12. The molecule has 0 N–H and O–H groups in total. The molecule has 1 heterocycles. The van der Waals surface area contributed by atoms with Crippen LogP contribution in [0.5, 0.6) is 0 Å². The third-order valence-electron chi connectivity index (χ3n) is 2.81. The largest absolute Gasteiger partial charge is 0.383 e. The molecule has 0 bridgehead atoms. The fraction of sp³-hybridized carbons (Fsp3) is 0.900. The second-order valence-corrected chi connectivity index (χ2v) is 7.08. The predicted molar refractivity (Wildman–Crippen MR) is 66.0 cm³/mol. The van der Waals surface area contributed by atoms with Crippen LogP contribution in [0, 0.1) is 0 Å². The molecule has 0 saturated carbocycles. The molecular weight excluding hydrogens is 266 g/mol. The highest BCUT2D eigenvalue weighted by Crippen LogP contribution is 2.19. The van der Waals surface area contributed by atoms with Crippen LogP contribution in [0.3, 0.4) is 0 Å². The number of sulfone groups is 1. The molecule has 0 aromatic heterocycles. The van der Waals surface area contributed by atoms with E-state index < -0.39 is 15.2 Å². The van der Waals surface area contributed by atoms with Crippen molar-refractivity contribution in [3.05, 3.63) is 0 Å². The lowest BCUT2D eigenvalue weighted by molar-refractivity contribution is -0.133. The summed E-state index contributed by atoms with van der Waals surface area (Å²) in [5.74, 6) is -0.0530. The minimum Gasteiger partial charge on any atom is -0.383 e. The maximum absolute atomic E-state index is 11.9. The number of ether oxygens (including phenoxy) is 1. The lowest BCUT2D eigenvalue weighted by atomic mass is 10.2. The molecule has 0 spiro atoms. The maximum Gasteiger partial charge on any atom is 0.240 e. The van der Waals surface area contributed by atoms with Crippen LogP contribution in [0.1, 0.15) is 13.3 Å². The van der Waals surface area contributed by atoms with Gasteiger partial charge in [-0.3, -0.25) is 4.79 Å². The molecule has 1 aliphatic rings. The van der Waals surface area contributed by atoms with Crippen LogP contribution < -0.4 is 0 Å². The SMILES string of the molecule is COCCN(C(=O)C(C)Cl)C1CCS(=O)(=O)C1. The number of hydrogen-bond donors (Lipinski definition) is 0. The summed E-state index contributed by atoms with van der Waals surface area (Å²) in [6, 6.07) is -0.260. The zero-order valence-electron chi connectivity index (χ0n) is 10.1. The Hall–Kier alpha value is -0.330. The third-order valence-corrected chi connectivity index (χ3v) is 4.75. The number of hydrogen-bond acceptors (Lipinski definition) is 4. The van der Waals surface area contributed by atoms with E-state index in [2.05, 4.69) is 0 Å². The average Bonchev–Trinajstić information content (AvgIpc) is 2.59. The van der Waals surface area contributed by atoms with Crippen LogP contribution in [0.4, 0.5) is 0 Å². The van der Waals surface area contributed by atoms with E-state index in [1.165, 1.54) is 12.0 Å². The number of alkyl halides is 1. The van der Waals surface area contributed by atoms with Gasteiger partial charge in [-0.2, -0.15) is 0 Å². The highest BCUT2D eigenvalue weighted by atomic mass is 35.5. The average molecular weight is 284 g/mol. The van der Waals surface area contributed by atoms with Crippen LogP contribution in [0.15, 0.2) is 0 Å². The van der Waals surface area contributed by atoms with Gasteiger partial charge in [0.05, 0.1) is 18.1 Å². The molecule has 1 saturated heterocycles. The smallest absolute Gasteiger partial charge is 0.240 e. The summed E-state index contributed by atoms with van der Waals surface area (Å²) in [5, 5.41) is -0.643. The molecule has 1 fully saturated rings. The van der Waals surface area contributed by atoms with Crippen LogP contribution in [0.25, 0.3) is 0 Å². The minimum atomic E-state index is -3.00. The van der Waals surface area contributed by atoms with Crippen molar-refractivity contribution in [2.75, 3.05) is 31.8 Å². The van der Waals surface area contributed by atoms with Gasteiger partial charge in [0.25, 0.3) is 0 Å². The second kappa shape index (κ2) is 6.02. The molecule has 0 aromatic rings. The van der Waals surface area contributed by atoms with Gasteiger partial charge in [-0.25, -0.2) is 8.42 Å². The van der Waals surface area contributed by atoms with Crippen LogP contribution in [0.2, 0.25) is 0 Å². The first-order valence-electron chi connectivity index (χ1n) is 5.51. The van der Waals surface area contributed by atoms with Gasteiger partial charge >= 0.3 is 0 Å². The summed E-state index contributed by atoms with van der Waals surface area (Å²) in [6.07, 6.45) is 0.487. The van der Waals surface area contributed by atoms with Gasteiger partial charge < -0.3 is 9.64 Å². The molecule has 2 atom stereocenters. The Morgan fingerprint density at radius 2 is 2.24 bits per heavy atom. The summed E-state index contributed by atoms with van der Waals surface area (Å²) in [7, 11) is -1.46. The Labute approximate surface area is 107 Å². The zero-order chi connectivity index (χ0) is 13.1. The lowest BCUT2D eigenvalue weighted by Gasteiger charge is -2.29. The van der Waals surface area contributed by atoms with Gasteiger partial charge in [0.15, 0.2) is 9.84 Å². The van der Waals surface area contributed by atoms with E-state index in [0.29, 0.717) is 19.6 Å². The van der Waals surface area contributed by atoms with Crippen LogP contribution >= 0.6 is 11.6 Å². The van der Waals surface area contributed by atoms with Crippen molar-refractivity contribution in [3.63, 3.8) is 0 Å². The summed E-state index contributed by atoms with van der Waals surface area (Å²) >= 11 is 5.77. The van der Waals surface area contributed by atoms with Gasteiger partial charge in [0.2, 0.25) is 5.91 Å². The van der Waals surface area contributed by atoms with Crippen molar-refractivity contribution < 1.29 is 17.9 Å². The van der Waals surface area contributed by atoms with E-state index in [4.69, 9.17) is 16.3 Å². The Bertz CT molecular complexity index is 369. The highest BCUT2D eigenvalue weighted by Gasteiger charge is 2.35. The van der Waals surface area contributed by atoms with Crippen molar-refractivity contribution in [3.8, 4) is 0 Å². The molecule has 1 rings (SSSR count). The molecule has 1 amide bonds. The number of methoxy groups -OCH3 is 1. The molecule has 0 radical (unpaired) electrons. The first-order chi connectivity index (χ1) is 7.87. The molecule has 100 valence electrons. The van der Waals surface area contributed by atoms with Crippen molar-refractivity contribution in [2.45, 2.75) is 24.8 Å². The van der Waals surface area contributed by atoms with E-state index in [0.717, 1.165) is 0 Å². The zero-order valence-corrected chi connectivity index (χ0v) is 11.6. The van der Waals surface area contributed by atoms with E-state index in [-0.39, 0.29) is 23.5 Å². The summed E-state index contributed by atoms with van der Waals surface area (Å²) in [6.45, 7) is 2.35. The first-order valence-corrected chi connectivity index (χ1v) is 7.77. The van der Waals surface area contributed by atoms with E-state index in [9.17, 15) is 13.2 Å². The Morgan fingerprint density at radius 1 is 1.59 bits per heavy atom. The first kappa shape index (κ1) is 14.7. The van der Waals surface area contributed by atoms with Gasteiger partial charge in [0, 0.05) is 19.7 Å². The molecule has 17 heavy (non-hydrogen) atoms. The highest BCUT2D eigenvalue weighted by molar-refractivity contribution is 7.91. The normalized spacial score (nSPS) is 24.5. The van der Waals surface area contributed by atoms with Gasteiger partial charge in [-0.05, 0) is 13.3 Å². The standard InChI is InChI=1S/C10H18ClNO4S/c1-8(11)10(13)12(4-5-16-2)9-3-6-17(14,15)7-9/h8-9H,3-7H2,1-2H3. The van der Waals surface area contributed by atoms with Crippen molar-refractivity contribution >= 4 is 27.3 Å². The van der Waals surface area contributed by atoms with E-state index in [1.807, 2.05) is 0 Å². The monoisotopic (exact) mass is 283 g/mol. The van der Waals surface area contributed by atoms with E-state index in [1.54, 1.807) is 6.92 Å².